The van der Waals surface area contributed by atoms with Crippen LogP contribution in [0.4, 0.5) is 5.13 Å². The molecule has 8 heteroatoms. The SMILES string of the molecule is CCOC(=O)[C@H]1CCc2sc(NC(=O)c3c(C)c4ccccc4oc3=O)nc21. The second-order valence-electron chi connectivity index (χ2n) is 6.51. The molecule has 0 saturated heterocycles. The van der Waals surface area contributed by atoms with Crippen LogP contribution in [-0.2, 0) is 16.0 Å². The van der Waals surface area contributed by atoms with Crippen LogP contribution < -0.4 is 10.9 Å². The number of hydrogen-bond donors (Lipinski definition) is 1. The standard InChI is InChI=1S/C20H18N2O5S/c1-3-26-18(24)12-8-9-14-16(12)21-20(28-14)22-17(23)15-10(2)11-6-4-5-7-13(11)27-19(15)25/h4-7,12H,3,8-9H2,1-2H3,(H,21,22,23)/t12-/m0/s1. The monoisotopic (exact) mass is 398 g/mol. The molecule has 7 nitrogen and oxygen atoms in total. The van der Waals surface area contributed by atoms with E-state index in [1.165, 1.54) is 11.3 Å². The number of ether oxygens (including phenoxy) is 1. The lowest BCUT2D eigenvalue weighted by Gasteiger charge is -2.08. The lowest BCUT2D eigenvalue weighted by atomic mass is 10.1. The molecule has 1 atom stereocenters. The summed E-state index contributed by atoms with van der Waals surface area (Å²) in [5.74, 6) is -1.27. The zero-order valence-electron chi connectivity index (χ0n) is 15.4. The number of aryl methyl sites for hydroxylation is 2. The summed E-state index contributed by atoms with van der Waals surface area (Å²) >= 11 is 1.32. The Morgan fingerprint density at radius 1 is 1.36 bits per heavy atom. The van der Waals surface area contributed by atoms with Crippen LogP contribution in [0.15, 0.2) is 33.5 Å². The van der Waals surface area contributed by atoms with Crippen LogP contribution in [0.25, 0.3) is 11.0 Å². The maximum Gasteiger partial charge on any atom is 0.349 e. The first-order valence-corrected chi connectivity index (χ1v) is 9.81. The molecular weight excluding hydrogens is 380 g/mol. The second-order valence-corrected chi connectivity index (χ2v) is 7.59. The van der Waals surface area contributed by atoms with Crippen molar-refractivity contribution in [3.63, 3.8) is 0 Å². The van der Waals surface area contributed by atoms with E-state index >= 15 is 0 Å². The molecule has 0 spiro atoms. The molecule has 1 aromatic carbocycles. The zero-order valence-corrected chi connectivity index (χ0v) is 16.2. The summed E-state index contributed by atoms with van der Waals surface area (Å²) in [4.78, 5) is 42.5. The van der Waals surface area contributed by atoms with Crippen molar-refractivity contribution in [2.24, 2.45) is 0 Å². The third kappa shape index (κ3) is 3.09. The molecule has 28 heavy (non-hydrogen) atoms. The molecule has 1 amide bonds. The largest absolute Gasteiger partial charge is 0.465 e. The third-order valence-electron chi connectivity index (χ3n) is 4.81. The molecule has 2 aromatic heterocycles. The van der Waals surface area contributed by atoms with Crippen molar-refractivity contribution < 1.29 is 18.7 Å². The highest BCUT2D eigenvalue weighted by Crippen LogP contribution is 2.39. The van der Waals surface area contributed by atoms with E-state index in [1.54, 1.807) is 32.0 Å². The predicted octanol–water partition coefficient (Wildman–Crippen LogP) is 3.40. The Morgan fingerprint density at radius 2 is 2.14 bits per heavy atom. The highest BCUT2D eigenvalue weighted by Gasteiger charge is 2.34. The highest BCUT2D eigenvalue weighted by atomic mass is 32.1. The number of amides is 1. The van der Waals surface area contributed by atoms with Gasteiger partial charge in [-0.15, -0.1) is 11.3 Å². The van der Waals surface area contributed by atoms with Gasteiger partial charge in [0.2, 0.25) is 0 Å². The number of hydrogen-bond acceptors (Lipinski definition) is 7. The number of esters is 1. The molecule has 0 unspecified atom stereocenters. The molecule has 0 bridgehead atoms. The van der Waals surface area contributed by atoms with E-state index in [4.69, 9.17) is 9.15 Å². The number of benzene rings is 1. The Hall–Kier alpha value is -3.00. The number of anilines is 1. The number of fused-ring (bicyclic) bond motifs is 2. The van der Waals surface area contributed by atoms with Crippen LogP contribution in [0.2, 0.25) is 0 Å². The number of nitrogens with zero attached hydrogens (tertiary/aromatic N) is 1. The molecule has 0 radical (unpaired) electrons. The average molecular weight is 398 g/mol. The molecule has 3 aromatic rings. The first-order chi connectivity index (χ1) is 13.5. The fourth-order valence-electron chi connectivity index (χ4n) is 3.48. The van der Waals surface area contributed by atoms with Gasteiger partial charge >= 0.3 is 11.6 Å². The maximum atomic E-state index is 12.7. The van der Waals surface area contributed by atoms with E-state index in [2.05, 4.69) is 10.3 Å². The first-order valence-electron chi connectivity index (χ1n) is 8.99. The van der Waals surface area contributed by atoms with Gasteiger partial charge in [-0.25, -0.2) is 9.78 Å². The quantitative estimate of drug-likeness (QED) is 0.534. The van der Waals surface area contributed by atoms with Gasteiger partial charge in [-0.2, -0.15) is 0 Å². The van der Waals surface area contributed by atoms with E-state index < -0.39 is 17.5 Å². The van der Waals surface area contributed by atoms with Crippen LogP contribution in [0, 0.1) is 6.92 Å². The fourth-order valence-corrected chi connectivity index (χ4v) is 4.51. The van der Waals surface area contributed by atoms with E-state index in [9.17, 15) is 14.4 Å². The Labute approximate surface area is 164 Å². The topological polar surface area (TPSA) is 98.5 Å². The van der Waals surface area contributed by atoms with Gasteiger partial charge in [-0.3, -0.25) is 14.9 Å². The van der Waals surface area contributed by atoms with Crippen molar-refractivity contribution in [2.75, 3.05) is 11.9 Å². The van der Waals surface area contributed by atoms with Gasteiger partial charge in [0.25, 0.3) is 5.91 Å². The van der Waals surface area contributed by atoms with Gasteiger partial charge in [0, 0.05) is 10.3 Å². The Kier molecular flexibility index (Phi) is 4.72. The number of para-hydroxylation sites is 1. The van der Waals surface area contributed by atoms with Crippen LogP contribution in [-0.4, -0.2) is 23.5 Å². The van der Waals surface area contributed by atoms with Gasteiger partial charge in [0.1, 0.15) is 17.1 Å². The first kappa shape index (κ1) is 18.4. The minimum Gasteiger partial charge on any atom is -0.465 e. The number of carbonyl (C=O) groups excluding carboxylic acids is 2. The van der Waals surface area contributed by atoms with Crippen molar-refractivity contribution in [1.82, 2.24) is 4.98 Å². The lowest BCUT2D eigenvalue weighted by Crippen LogP contribution is -2.22. The minimum absolute atomic E-state index is 0.0454. The van der Waals surface area contributed by atoms with E-state index in [1.807, 2.05) is 6.07 Å². The molecule has 1 N–H and O–H groups in total. The van der Waals surface area contributed by atoms with Crippen molar-refractivity contribution in [3.05, 3.63) is 56.4 Å². The van der Waals surface area contributed by atoms with Crippen LogP contribution in [0.5, 0.6) is 0 Å². The van der Waals surface area contributed by atoms with Gasteiger partial charge in [-0.05, 0) is 38.3 Å². The summed E-state index contributed by atoms with van der Waals surface area (Å²) in [6.45, 7) is 3.79. The molecular formula is C20H18N2O5S. The number of rotatable bonds is 4. The number of nitrogens with one attached hydrogen (secondary N) is 1. The zero-order chi connectivity index (χ0) is 19.8. The molecule has 4 rings (SSSR count). The van der Waals surface area contributed by atoms with Crippen molar-refractivity contribution in [3.8, 4) is 0 Å². The summed E-state index contributed by atoms with van der Waals surface area (Å²) in [7, 11) is 0. The molecule has 1 aliphatic rings. The van der Waals surface area contributed by atoms with Crippen LogP contribution in [0.3, 0.4) is 0 Å². The van der Waals surface area contributed by atoms with Crippen molar-refractivity contribution >= 4 is 39.3 Å². The molecule has 0 aliphatic heterocycles. The maximum absolute atomic E-state index is 12.7. The smallest absolute Gasteiger partial charge is 0.349 e. The van der Waals surface area contributed by atoms with Gasteiger partial charge in [0.05, 0.1) is 12.3 Å². The summed E-state index contributed by atoms with van der Waals surface area (Å²) in [6.07, 6.45) is 1.37. The van der Waals surface area contributed by atoms with E-state index in [0.717, 1.165) is 4.88 Å². The van der Waals surface area contributed by atoms with Gasteiger partial charge in [0.15, 0.2) is 5.13 Å². The number of aromatic nitrogens is 1. The van der Waals surface area contributed by atoms with Gasteiger partial charge in [-0.1, -0.05) is 18.2 Å². The molecule has 0 fully saturated rings. The van der Waals surface area contributed by atoms with Crippen molar-refractivity contribution in [2.45, 2.75) is 32.6 Å². The molecule has 2 heterocycles. The van der Waals surface area contributed by atoms with Crippen LogP contribution in [0.1, 0.15) is 45.8 Å². The number of carbonyl (C=O) groups is 2. The average Bonchev–Trinajstić information content (AvgIpc) is 3.21. The Balaban J connectivity index is 1.62. The minimum atomic E-state index is -0.692. The number of thiazole rings is 1. The van der Waals surface area contributed by atoms with Crippen LogP contribution >= 0.6 is 11.3 Å². The lowest BCUT2D eigenvalue weighted by molar-refractivity contribution is -0.145. The third-order valence-corrected chi connectivity index (χ3v) is 5.86. The summed E-state index contributed by atoms with van der Waals surface area (Å²) < 4.78 is 10.4. The van der Waals surface area contributed by atoms with Gasteiger partial charge < -0.3 is 9.15 Å². The van der Waals surface area contributed by atoms with Crippen molar-refractivity contribution in [1.29, 1.82) is 0 Å². The molecule has 144 valence electrons. The fraction of sp³-hybridized carbons (Fsp3) is 0.300. The second kappa shape index (κ2) is 7.20. The molecule has 1 aliphatic carbocycles. The van der Waals surface area contributed by atoms with E-state index in [-0.39, 0.29) is 11.5 Å². The Morgan fingerprint density at radius 3 is 2.93 bits per heavy atom. The Bertz CT molecular complexity index is 1150. The predicted molar refractivity (Wildman–Crippen MR) is 105 cm³/mol. The highest BCUT2D eigenvalue weighted by molar-refractivity contribution is 7.16. The summed E-state index contributed by atoms with van der Waals surface area (Å²) in [5, 5.41) is 3.74. The molecule has 0 saturated carbocycles. The summed E-state index contributed by atoms with van der Waals surface area (Å²) in [5.41, 5.74) is 0.907. The normalized spacial score (nSPS) is 15.4. The van der Waals surface area contributed by atoms with E-state index in [0.29, 0.717) is 46.8 Å². The summed E-state index contributed by atoms with van der Waals surface area (Å²) in [6, 6.07) is 7.07.